The minimum atomic E-state index is -3.61. The number of esters is 1. The van der Waals surface area contributed by atoms with Gasteiger partial charge in [-0.2, -0.15) is 0 Å². The van der Waals surface area contributed by atoms with Crippen LogP contribution in [0.1, 0.15) is 15.9 Å². The monoisotopic (exact) mass is 254 g/mol. The lowest BCUT2D eigenvalue weighted by atomic mass is 10.1. The highest BCUT2D eigenvalue weighted by Gasteiger charge is 2.29. The second-order valence-electron chi connectivity index (χ2n) is 3.79. The van der Waals surface area contributed by atoms with Gasteiger partial charge in [-0.05, 0) is 17.7 Å². The SMILES string of the molecule is COC(=O)c1ccc2c(c1)S(=O)(=O)CC(=O)C2. The number of ether oxygens (including phenoxy) is 1. The number of carbonyl (C=O) groups is 2. The molecule has 0 amide bonds. The molecule has 0 N–H and O–H groups in total. The second-order valence-corrected chi connectivity index (χ2v) is 5.75. The van der Waals surface area contributed by atoms with Gasteiger partial charge in [0, 0.05) is 6.42 Å². The summed E-state index contributed by atoms with van der Waals surface area (Å²) in [6.07, 6.45) is 0.0933. The molecule has 6 heteroatoms. The van der Waals surface area contributed by atoms with Crippen molar-refractivity contribution in [2.75, 3.05) is 12.9 Å². The molecule has 0 bridgehead atoms. The van der Waals surface area contributed by atoms with E-state index in [1.807, 2.05) is 0 Å². The molecule has 0 aromatic heterocycles. The van der Waals surface area contributed by atoms with E-state index in [1.54, 1.807) is 0 Å². The van der Waals surface area contributed by atoms with Crippen molar-refractivity contribution in [2.24, 2.45) is 0 Å². The highest BCUT2D eigenvalue weighted by Crippen LogP contribution is 2.24. The Morgan fingerprint density at radius 3 is 2.71 bits per heavy atom. The minimum Gasteiger partial charge on any atom is -0.465 e. The first-order valence-corrected chi connectivity index (χ1v) is 6.55. The van der Waals surface area contributed by atoms with Crippen LogP contribution < -0.4 is 0 Å². The maximum atomic E-state index is 11.8. The van der Waals surface area contributed by atoms with Gasteiger partial charge in [0.1, 0.15) is 5.75 Å². The van der Waals surface area contributed by atoms with Gasteiger partial charge in [0.15, 0.2) is 15.6 Å². The van der Waals surface area contributed by atoms with E-state index in [9.17, 15) is 18.0 Å². The molecule has 0 radical (unpaired) electrons. The molecule has 0 atom stereocenters. The fourth-order valence-corrected chi connectivity index (χ4v) is 3.32. The predicted molar refractivity (Wildman–Crippen MR) is 58.5 cm³/mol. The smallest absolute Gasteiger partial charge is 0.337 e. The van der Waals surface area contributed by atoms with Gasteiger partial charge in [-0.3, -0.25) is 4.79 Å². The lowest BCUT2D eigenvalue weighted by molar-refractivity contribution is -0.116. The van der Waals surface area contributed by atoms with Crippen LogP contribution in [-0.2, 0) is 25.8 Å². The summed E-state index contributed by atoms with van der Waals surface area (Å²) < 4.78 is 28.1. The summed E-state index contributed by atoms with van der Waals surface area (Å²) in [5.41, 5.74) is 0.609. The van der Waals surface area contributed by atoms with Crippen molar-refractivity contribution in [2.45, 2.75) is 11.3 Å². The van der Waals surface area contributed by atoms with Crippen molar-refractivity contribution in [3.05, 3.63) is 29.3 Å². The summed E-state index contributed by atoms with van der Waals surface area (Å²) in [6, 6.07) is 4.21. The first kappa shape index (κ1) is 11.8. The van der Waals surface area contributed by atoms with E-state index in [0.717, 1.165) is 0 Å². The van der Waals surface area contributed by atoms with Crippen molar-refractivity contribution in [3.63, 3.8) is 0 Å². The number of ketones is 1. The van der Waals surface area contributed by atoms with Crippen LogP contribution in [0.15, 0.2) is 23.1 Å². The van der Waals surface area contributed by atoms with Crippen LogP contribution in [-0.4, -0.2) is 33.0 Å². The summed E-state index contributed by atoms with van der Waals surface area (Å²) in [4.78, 5) is 22.6. The van der Waals surface area contributed by atoms with Gasteiger partial charge in [-0.1, -0.05) is 6.07 Å². The molecule has 1 aliphatic rings. The average Bonchev–Trinajstić information content (AvgIpc) is 2.26. The molecule has 0 unspecified atom stereocenters. The summed E-state index contributed by atoms with van der Waals surface area (Å²) >= 11 is 0. The summed E-state index contributed by atoms with van der Waals surface area (Å²) in [6.45, 7) is 0. The number of hydrogen-bond acceptors (Lipinski definition) is 5. The zero-order valence-corrected chi connectivity index (χ0v) is 9.91. The Kier molecular flexibility index (Phi) is 2.74. The maximum absolute atomic E-state index is 11.8. The van der Waals surface area contributed by atoms with Crippen molar-refractivity contribution in [3.8, 4) is 0 Å². The molecule has 0 spiro atoms. The molecule has 5 nitrogen and oxygen atoms in total. The number of fused-ring (bicyclic) bond motifs is 1. The number of benzene rings is 1. The van der Waals surface area contributed by atoms with Crippen LogP contribution in [0.4, 0.5) is 0 Å². The molecular weight excluding hydrogens is 244 g/mol. The Morgan fingerprint density at radius 2 is 2.06 bits per heavy atom. The highest BCUT2D eigenvalue weighted by molar-refractivity contribution is 7.92. The number of hydrogen-bond donors (Lipinski definition) is 0. The Morgan fingerprint density at radius 1 is 1.35 bits per heavy atom. The third kappa shape index (κ3) is 2.08. The molecule has 0 saturated heterocycles. The third-order valence-corrected chi connectivity index (χ3v) is 4.31. The van der Waals surface area contributed by atoms with E-state index < -0.39 is 21.6 Å². The summed E-state index contributed by atoms with van der Waals surface area (Å²) in [5.74, 6) is -1.42. The van der Waals surface area contributed by atoms with Gasteiger partial charge < -0.3 is 4.74 Å². The van der Waals surface area contributed by atoms with E-state index in [0.29, 0.717) is 5.56 Å². The summed E-state index contributed by atoms with van der Waals surface area (Å²) in [5, 5.41) is 0. The molecule has 1 heterocycles. The van der Waals surface area contributed by atoms with Crippen LogP contribution in [0, 0.1) is 0 Å². The largest absolute Gasteiger partial charge is 0.465 e. The van der Waals surface area contributed by atoms with Gasteiger partial charge in [0.2, 0.25) is 0 Å². The normalized spacial score (nSPS) is 17.4. The first-order valence-electron chi connectivity index (χ1n) is 4.90. The standard InChI is InChI=1S/C11H10O5S/c1-16-11(13)8-3-2-7-4-9(12)6-17(14,15)10(7)5-8/h2-3,5H,4,6H2,1H3. The number of rotatable bonds is 1. The molecule has 1 aromatic carbocycles. The molecule has 17 heavy (non-hydrogen) atoms. The quantitative estimate of drug-likeness (QED) is 0.677. The Bertz CT molecular complexity index is 600. The average molecular weight is 254 g/mol. The number of Topliss-reactive ketones (excluding diaryl/α,β-unsaturated/α-hetero) is 1. The van der Waals surface area contributed by atoms with Crippen molar-refractivity contribution >= 4 is 21.6 Å². The van der Waals surface area contributed by atoms with E-state index in [4.69, 9.17) is 0 Å². The van der Waals surface area contributed by atoms with Gasteiger partial charge in [-0.25, -0.2) is 13.2 Å². The fraction of sp³-hybridized carbons (Fsp3) is 0.273. The second kappa shape index (κ2) is 3.96. The van der Waals surface area contributed by atoms with E-state index in [1.165, 1.54) is 25.3 Å². The first-order chi connectivity index (χ1) is 7.94. The minimum absolute atomic E-state index is 0.0556. The molecule has 0 aliphatic carbocycles. The lowest BCUT2D eigenvalue weighted by Crippen LogP contribution is -2.25. The van der Waals surface area contributed by atoms with Crippen molar-refractivity contribution < 1.29 is 22.7 Å². The van der Waals surface area contributed by atoms with E-state index >= 15 is 0 Å². The maximum Gasteiger partial charge on any atom is 0.337 e. The summed E-state index contributed by atoms with van der Waals surface area (Å²) in [7, 11) is -2.39. The molecule has 0 saturated carbocycles. The van der Waals surface area contributed by atoms with Crippen LogP contribution in [0.25, 0.3) is 0 Å². The van der Waals surface area contributed by atoms with Crippen LogP contribution in [0.3, 0.4) is 0 Å². The third-order valence-electron chi connectivity index (χ3n) is 2.56. The molecule has 1 aromatic rings. The molecule has 0 fully saturated rings. The highest BCUT2D eigenvalue weighted by atomic mass is 32.2. The molecule has 1 aliphatic heterocycles. The molecule has 90 valence electrons. The van der Waals surface area contributed by atoms with Crippen LogP contribution in [0.5, 0.6) is 0 Å². The van der Waals surface area contributed by atoms with Crippen LogP contribution in [0.2, 0.25) is 0 Å². The van der Waals surface area contributed by atoms with Crippen LogP contribution >= 0.6 is 0 Å². The lowest BCUT2D eigenvalue weighted by Gasteiger charge is -2.15. The molecule has 2 rings (SSSR count). The topological polar surface area (TPSA) is 77.5 Å². The number of carbonyl (C=O) groups excluding carboxylic acids is 2. The van der Waals surface area contributed by atoms with Gasteiger partial charge in [-0.15, -0.1) is 0 Å². The molecular formula is C11H10O5S. The van der Waals surface area contributed by atoms with E-state index in [2.05, 4.69) is 4.74 Å². The predicted octanol–water partition coefficient (Wildman–Crippen LogP) is 0.372. The van der Waals surface area contributed by atoms with Crippen molar-refractivity contribution in [1.82, 2.24) is 0 Å². The number of sulfone groups is 1. The Labute approximate surface area is 98.3 Å². The Balaban J connectivity index is 2.59. The van der Waals surface area contributed by atoms with Gasteiger partial charge in [0.25, 0.3) is 0 Å². The zero-order valence-electron chi connectivity index (χ0n) is 9.10. The van der Waals surface area contributed by atoms with E-state index in [-0.39, 0.29) is 22.7 Å². The van der Waals surface area contributed by atoms with Crippen molar-refractivity contribution in [1.29, 1.82) is 0 Å². The number of methoxy groups -OCH3 is 1. The van der Waals surface area contributed by atoms with Gasteiger partial charge in [0.05, 0.1) is 17.6 Å². The Hall–Kier alpha value is -1.69. The van der Waals surface area contributed by atoms with Gasteiger partial charge >= 0.3 is 5.97 Å². The zero-order chi connectivity index (χ0) is 12.6. The fourth-order valence-electron chi connectivity index (χ4n) is 1.79.